The van der Waals surface area contributed by atoms with Gasteiger partial charge in [-0.25, -0.2) is 0 Å². The van der Waals surface area contributed by atoms with E-state index in [-0.39, 0.29) is 5.75 Å². The van der Waals surface area contributed by atoms with Gasteiger partial charge in [0.1, 0.15) is 11.5 Å². The van der Waals surface area contributed by atoms with Crippen molar-refractivity contribution >= 4 is 5.91 Å². The Kier molecular flexibility index (Phi) is 6.83. The van der Waals surface area contributed by atoms with Crippen LogP contribution in [-0.4, -0.2) is 22.7 Å². The Morgan fingerprint density at radius 1 is 1.10 bits per heavy atom. The van der Waals surface area contributed by atoms with Gasteiger partial charge in [0.15, 0.2) is 0 Å². The molecule has 1 heterocycles. The van der Waals surface area contributed by atoms with E-state index in [4.69, 9.17) is 10.5 Å². The van der Waals surface area contributed by atoms with Crippen LogP contribution >= 0.6 is 0 Å². The molecule has 3 N–H and O–H groups in total. The van der Waals surface area contributed by atoms with E-state index < -0.39 is 5.91 Å². The van der Waals surface area contributed by atoms with Crippen LogP contribution in [0.25, 0.3) is 11.1 Å². The van der Waals surface area contributed by atoms with E-state index in [9.17, 15) is 9.90 Å². The zero-order chi connectivity index (χ0) is 21.7. The average Bonchev–Trinajstić information content (AvgIpc) is 3.03. The molecule has 0 spiro atoms. The summed E-state index contributed by atoms with van der Waals surface area (Å²) in [5.74, 6) is 0.567. The van der Waals surface area contributed by atoms with Crippen LogP contribution in [0.4, 0.5) is 0 Å². The maximum atomic E-state index is 12.5. The average molecular weight is 407 g/mol. The number of methoxy groups -OCH3 is 1. The fraction of sp³-hybridized carbons (Fsp3) is 0.320. The summed E-state index contributed by atoms with van der Waals surface area (Å²) in [6.45, 7) is 4.85. The summed E-state index contributed by atoms with van der Waals surface area (Å²) in [5.41, 5.74) is 11.3. The third kappa shape index (κ3) is 4.35. The van der Waals surface area contributed by atoms with Crippen LogP contribution in [-0.2, 0) is 19.4 Å². The molecule has 0 aliphatic heterocycles. The molecule has 3 aromatic rings. The van der Waals surface area contributed by atoms with Crippen LogP contribution in [0.2, 0.25) is 0 Å². The van der Waals surface area contributed by atoms with Crippen molar-refractivity contribution in [3.63, 3.8) is 0 Å². The molecule has 5 nitrogen and oxygen atoms in total. The van der Waals surface area contributed by atoms with E-state index in [1.807, 2.05) is 43.3 Å². The number of rotatable bonds is 9. The third-order valence-electron chi connectivity index (χ3n) is 5.58. The highest BCUT2D eigenvalue weighted by Gasteiger charge is 2.26. The Hall–Kier alpha value is -3.21. The number of carbonyl (C=O) groups excluding carboxylic acids is 1. The number of phenols is 1. The van der Waals surface area contributed by atoms with Gasteiger partial charge in [0.25, 0.3) is 5.91 Å². The van der Waals surface area contributed by atoms with Gasteiger partial charge < -0.3 is 20.1 Å². The van der Waals surface area contributed by atoms with Crippen molar-refractivity contribution in [2.24, 2.45) is 5.73 Å². The van der Waals surface area contributed by atoms with Crippen molar-refractivity contribution in [3.8, 4) is 22.6 Å². The SMILES string of the molecule is CCCCc1c(-c2ccccc2OC)c(C(N)=O)c(C)n1CCc1ccc(O)cc1. The van der Waals surface area contributed by atoms with E-state index in [2.05, 4.69) is 11.5 Å². The maximum Gasteiger partial charge on any atom is 0.251 e. The predicted molar refractivity (Wildman–Crippen MR) is 120 cm³/mol. The number of aromatic hydroxyl groups is 1. The number of ether oxygens (including phenoxy) is 1. The van der Waals surface area contributed by atoms with Crippen LogP contribution in [0, 0.1) is 6.92 Å². The molecule has 1 aromatic heterocycles. The molecule has 1 amide bonds. The van der Waals surface area contributed by atoms with Crippen LogP contribution < -0.4 is 10.5 Å². The van der Waals surface area contributed by atoms with Crippen LogP contribution in [0.5, 0.6) is 11.5 Å². The van der Waals surface area contributed by atoms with Gasteiger partial charge in [-0.15, -0.1) is 0 Å². The monoisotopic (exact) mass is 406 g/mol. The van der Waals surface area contributed by atoms with Crippen molar-refractivity contribution in [2.75, 3.05) is 7.11 Å². The Morgan fingerprint density at radius 2 is 1.80 bits per heavy atom. The highest BCUT2D eigenvalue weighted by atomic mass is 16.5. The van der Waals surface area contributed by atoms with Crippen LogP contribution in [0.3, 0.4) is 0 Å². The number of para-hydroxylation sites is 1. The van der Waals surface area contributed by atoms with Gasteiger partial charge in [-0.05, 0) is 49.9 Å². The molecule has 5 heteroatoms. The second-order valence-corrected chi connectivity index (χ2v) is 7.52. The van der Waals surface area contributed by atoms with Gasteiger partial charge in [-0.1, -0.05) is 43.7 Å². The van der Waals surface area contributed by atoms with E-state index in [0.717, 1.165) is 66.1 Å². The van der Waals surface area contributed by atoms with E-state index in [1.165, 1.54) is 0 Å². The number of aromatic nitrogens is 1. The lowest BCUT2D eigenvalue weighted by Gasteiger charge is -2.15. The normalized spacial score (nSPS) is 10.9. The molecule has 0 saturated heterocycles. The summed E-state index contributed by atoms with van der Waals surface area (Å²) in [4.78, 5) is 12.5. The fourth-order valence-corrected chi connectivity index (χ4v) is 4.05. The second-order valence-electron chi connectivity index (χ2n) is 7.52. The number of nitrogens with two attached hydrogens (primary N) is 1. The zero-order valence-corrected chi connectivity index (χ0v) is 17.9. The first kappa shape index (κ1) is 21.5. The van der Waals surface area contributed by atoms with Gasteiger partial charge in [-0.2, -0.15) is 0 Å². The quantitative estimate of drug-likeness (QED) is 0.533. The first-order chi connectivity index (χ1) is 14.5. The molecule has 0 atom stereocenters. The summed E-state index contributed by atoms with van der Waals surface area (Å²) in [6.07, 6.45) is 3.72. The summed E-state index contributed by atoms with van der Waals surface area (Å²) in [6, 6.07) is 15.0. The lowest BCUT2D eigenvalue weighted by atomic mass is 9.97. The van der Waals surface area contributed by atoms with Crippen LogP contribution in [0.1, 0.15) is 47.1 Å². The second kappa shape index (κ2) is 9.53. The molecule has 0 unspecified atom stereocenters. The Morgan fingerprint density at radius 3 is 2.43 bits per heavy atom. The van der Waals surface area contributed by atoms with Gasteiger partial charge in [-0.3, -0.25) is 4.79 Å². The molecule has 0 radical (unpaired) electrons. The summed E-state index contributed by atoms with van der Waals surface area (Å²) in [5, 5.41) is 9.54. The highest BCUT2D eigenvalue weighted by molar-refractivity contribution is 6.03. The van der Waals surface area contributed by atoms with Crippen molar-refractivity contribution in [1.82, 2.24) is 4.57 Å². The molecule has 30 heavy (non-hydrogen) atoms. The molecule has 0 aliphatic carbocycles. The van der Waals surface area contributed by atoms with Gasteiger partial charge in [0.2, 0.25) is 0 Å². The number of hydrogen-bond acceptors (Lipinski definition) is 3. The van der Waals surface area contributed by atoms with Crippen molar-refractivity contribution in [1.29, 1.82) is 0 Å². The lowest BCUT2D eigenvalue weighted by molar-refractivity contribution is 0.1000. The minimum Gasteiger partial charge on any atom is -0.508 e. The summed E-state index contributed by atoms with van der Waals surface area (Å²) in [7, 11) is 1.64. The third-order valence-corrected chi connectivity index (χ3v) is 5.58. The Balaban J connectivity index is 2.13. The number of nitrogens with zero attached hydrogens (tertiary/aromatic N) is 1. The number of phenolic OH excluding ortho intramolecular Hbond substituents is 1. The maximum absolute atomic E-state index is 12.5. The highest BCUT2D eigenvalue weighted by Crippen LogP contribution is 2.38. The largest absolute Gasteiger partial charge is 0.508 e. The number of hydrogen-bond donors (Lipinski definition) is 2. The summed E-state index contributed by atoms with van der Waals surface area (Å²) < 4.78 is 7.83. The first-order valence-electron chi connectivity index (χ1n) is 10.4. The molecule has 158 valence electrons. The van der Waals surface area contributed by atoms with E-state index in [0.29, 0.717) is 5.56 Å². The van der Waals surface area contributed by atoms with Crippen molar-refractivity contribution < 1.29 is 14.6 Å². The molecular weight excluding hydrogens is 376 g/mol. The molecule has 2 aromatic carbocycles. The number of aryl methyl sites for hydroxylation is 1. The molecular formula is C25H30N2O3. The molecule has 0 aliphatic rings. The Labute approximate surface area is 178 Å². The van der Waals surface area contributed by atoms with E-state index in [1.54, 1.807) is 19.2 Å². The van der Waals surface area contributed by atoms with Crippen molar-refractivity contribution in [2.45, 2.75) is 46.1 Å². The van der Waals surface area contributed by atoms with Gasteiger partial charge in [0.05, 0.1) is 12.7 Å². The number of primary amides is 1. The number of amides is 1. The molecule has 0 bridgehead atoms. The summed E-state index contributed by atoms with van der Waals surface area (Å²) >= 11 is 0. The van der Waals surface area contributed by atoms with Gasteiger partial charge >= 0.3 is 0 Å². The number of carbonyl (C=O) groups is 1. The first-order valence-corrected chi connectivity index (χ1v) is 10.4. The molecule has 0 saturated carbocycles. The molecule has 3 rings (SSSR count). The lowest BCUT2D eigenvalue weighted by Crippen LogP contribution is -2.14. The topological polar surface area (TPSA) is 77.5 Å². The molecule has 0 fully saturated rings. The number of unbranched alkanes of at least 4 members (excludes halogenated alkanes) is 1. The zero-order valence-electron chi connectivity index (χ0n) is 17.9. The minimum absolute atomic E-state index is 0.258. The number of benzene rings is 2. The minimum atomic E-state index is -0.422. The van der Waals surface area contributed by atoms with Crippen molar-refractivity contribution in [3.05, 3.63) is 71.0 Å². The van der Waals surface area contributed by atoms with Crippen LogP contribution in [0.15, 0.2) is 48.5 Å². The van der Waals surface area contributed by atoms with Gasteiger partial charge in [0, 0.05) is 29.1 Å². The predicted octanol–water partition coefficient (Wildman–Crippen LogP) is 4.86. The standard InChI is InChI=1S/C25H30N2O3/c1-4-5-9-21-24(20-8-6-7-10-22(20)30-3)23(25(26)29)17(2)27(21)16-15-18-11-13-19(28)14-12-18/h6-8,10-14,28H,4-5,9,15-16H2,1-3H3,(H2,26,29). The fourth-order valence-electron chi connectivity index (χ4n) is 4.05. The smallest absolute Gasteiger partial charge is 0.251 e. The Bertz CT molecular complexity index is 1020. The van der Waals surface area contributed by atoms with E-state index >= 15 is 0 Å².